The van der Waals surface area contributed by atoms with Crippen LogP contribution in [0.3, 0.4) is 0 Å². The molecule has 5 nitrogen and oxygen atoms in total. The van der Waals surface area contributed by atoms with Gasteiger partial charge in [0.05, 0.1) is 5.69 Å². The second-order valence-corrected chi connectivity index (χ2v) is 3.48. The van der Waals surface area contributed by atoms with Gasteiger partial charge in [0.1, 0.15) is 5.82 Å². The van der Waals surface area contributed by atoms with E-state index in [0.29, 0.717) is 11.4 Å². The summed E-state index contributed by atoms with van der Waals surface area (Å²) < 4.78 is 12.2. The molecule has 0 aromatic heterocycles. The minimum Gasteiger partial charge on any atom is -0.465 e. The molecular formula is C14H11FN2O3. The molecule has 0 saturated carbocycles. The Balaban J connectivity index is 0.000000200. The number of anilines is 1. The van der Waals surface area contributed by atoms with Gasteiger partial charge in [-0.3, -0.25) is 5.32 Å². The number of isocyanates is 1. The van der Waals surface area contributed by atoms with Crippen molar-refractivity contribution in [3.63, 3.8) is 0 Å². The molecule has 0 aliphatic rings. The Bertz CT molecular complexity index is 594. The maximum Gasteiger partial charge on any atom is 0.409 e. The molecule has 20 heavy (non-hydrogen) atoms. The van der Waals surface area contributed by atoms with E-state index in [2.05, 4.69) is 10.3 Å². The third-order valence-corrected chi connectivity index (χ3v) is 2.03. The van der Waals surface area contributed by atoms with Gasteiger partial charge in [0.2, 0.25) is 6.08 Å². The number of benzene rings is 2. The molecular weight excluding hydrogens is 263 g/mol. The summed E-state index contributed by atoms with van der Waals surface area (Å²) >= 11 is 0. The Kier molecular flexibility index (Phi) is 6.17. The summed E-state index contributed by atoms with van der Waals surface area (Å²) in [5.74, 6) is -0.343. The number of nitrogens with zero attached hydrogens (tertiary/aromatic N) is 1. The zero-order valence-corrected chi connectivity index (χ0v) is 10.3. The van der Waals surface area contributed by atoms with Crippen LogP contribution in [0.5, 0.6) is 0 Å². The quantitative estimate of drug-likeness (QED) is 0.649. The predicted octanol–water partition coefficient (Wildman–Crippen LogP) is 3.57. The summed E-state index contributed by atoms with van der Waals surface area (Å²) in [6.45, 7) is 0. The monoisotopic (exact) mass is 274 g/mol. The molecule has 0 heterocycles. The molecule has 2 aromatic carbocycles. The number of nitrogens with one attached hydrogen (secondary N) is 1. The van der Waals surface area contributed by atoms with Gasteiger partial charge in [-0.05, 0) is 36.4 Å². The van der Waals surface area contributed by atoms with E-state index in [0.717, 1.165) is 0 Å². The van der Waals surface area contributed by atoms with Gasteiger partial charge in [-0.25, -0.2) is 14.0 Å². The molecule has 1 amide bonds. The van der Waals surface area contributed by atoms with Crippen molar-refractivity contribution < 1.29 is 19.1 Å². The number of halogens is 1. The number of amides is 1. The average molecular weight is 274 g/mol. The Morgan fingerprint density at radius 3 is 2.20 bits per heavy atom. The lowest BCUT2D eigenvalue weighted by Crippen LogP contribution is -2.06. The van der Waals surface area contributed by atoms with Gasteiger partial charge in [0.15, 0.2) is 0 Å². The van der Waals surface area contributed by atoms with E-state index in [-0.39, 0.29) is 5.82 Å². The van der Waals surface area contributed by atoms with Crippen LogP contribution >= 0.6 is 0 Å². The Hall–Kier alpha value is -2.98. The van der Waals surface area contributed by atoms with Crippen LogP contribution in [0.2, 0.25) is 0 Å². The van der Waals surface area contributed by atoms with Crippen LogP contribution in [0.4, 0.5) is 20.6 Å². The first-order chi connectivity index (χ1) is 9.61. The highest BCUT2D eigenvalue weighted by Gasteiger charge is 1.93. The fourth-order valence-electron chi connectivity index (χ4n) is 1.21. The Labute approximate surface area is 114 Å². The van der Waals surface area contributed by atoms with Crippen molar-refractivity contribution in [3.05, 3.63) is 60.4 Å². The predicted molar refractivity (Wildman–Crippen MR) is 72.3 cm³/mol. The van der Waals surface area contributed by atoms with Crippen LogP contribution in [-0.2, 0) is 4.79 Å². The number of hydrogen-bond donors (Lipinski definition) is 2. The first-order valence-corrected chi connectivity index (χ1v) is 5.50. The summed E-state index contributed by atoms with van der Waals surface area (Å²) in [6, 6.07) is 14.0. The van der Waals surface area contributed by atoms with Crippen molar-refractivity contribution in [1.29, 1.82) is 0 Å². The van der Waals surface area contributed by atoms with Crippen molar-refractivity contribution in [3.8, 4) is 0 Å². The minimum atomic E-state index is -1.04. The van der Waals surface area contributed by atoms with Crippen LogP contribution < -0.4 is 5.32 Å². The van der Waals surface area contributed by atoms with Gasteiger partial charge in [-0.15, -0.1) is 0 Å². The van der Waals surface area contributed by atoms with Gasteiger partial charge < -0.3 is 5.11 Å². The third-order valence-electron chi connectivity index (χ3n) is 2.03. The molecule has 0 saturated heterocycles. The van der Waals surface area contributed by atoms with E-state index in [1.54, 1.807) is 24.3 Å². The van der Waals surface area contributed by atoms with E-state index in [1.165, 1.54) is 30.3 Å². The topological polar surface area (TPSA) is 78.8 Å². The highest BCUT2D eigenvalue weighted by atomic mass is 19.1. The van der Waals surface area contributed by atoms with E-state index in [4.69, 9.17) is 5.11 Å². The lowest BCUT2D eigenvalue weighted by Gasteiger charge is -1.96. The Morgan fingerprint density at radius 2 is 1.70 bits per heavy atom. The molecule has 0 fully saturated rings. The van der Waals surface area contributed by atoms with E-state index < -0.39 is 6.09 Å². The SMILES string of the molecule is O=C(O)Nc1ccccc1.O=C=Nc1ccc(F)cc1. The van der Waals surface area contributed by atoms with Gasteiger partial charge in [0, 0.05) is 5.69 Å². The first kappa shape index (κ1) is 15.1. The van der Waals surface area contributed by atoms with Crippen LogP contribution in [0.1, 0.15) is 0 Å². The molecule has 0 aliphatic carbocycles. The molecule has 2 N–H and O–H groups in total. The van der Waals surface area contributed by atoms with Gasteiger partial charge >= 0.3 is 6.09 Å². The largest absolute Gasteiger partial charge is 0.465 e. The highest BCUT2D eigenvalue weighted by Crippen LogP contribution is 2.10. The van der Waals surface area contributed by atoms with Crippen molar-refractivity contribution in [2.24, 2.45) is 4.99 Å². The number of rotatable bonds is 2. The highest BCUT2D eigenvalue weighted by molar-refractivity contribution is 5.82. The van der Waals surface area contributed by atoms with Crippen molar-refractivity contribution in [2.75, 3.05) is 5.32 Å². The molecule has 0 spiro atoms. The number of carbonyl (C=O) groups excluding carboxylic acids is 1. The molecule has 6 heteroatoms. The van der Waals surface area contributed by atoms with E-state index in [1.807, 2.05) is 6.07 Å². The first-order valence-electron chi connectivity index (χ1n) is 5.50. The molecule has 0 bridgehead atoms. The third kappa shape index (κ3) is 6.09. The van der Waals surface area contributed by atoms with Crippen LogP contribution in [0, 0.1) is 5.82 Å². The molecule has 0 unspecified atom stereocenters. The van der Waals surface area contributed by atoms with Crippen molar-refractivity contribution in [1.82, 2.24) is 0 Å². The lowest BCUT2D eigenvalue weighted by molar-refractivity contribution is 0.210. The van der Waals surface area contributed by atoms with Crippen LogP contribution in [0.15, 0.2) is 59.6 Å². The normalized spacial score (nSPS) is 8.65. The summed E-state index contributed by atoms with van der Waals surface area (Å²) in [5.41, 5.74) is 1.01. The summed E-state index contributed by atoms with van der Waals surface area (Å²) in [4.78, 5) is 23.0. The van der Waals surface area contributed by atoms with E-state index >= 15 is 0 Å². The molecule has 2 rings (SSSR count). The average Bonchev–Trinajstić information content (AvgIpc) is 2.43. The molecule has 0 aliphatic heterocycles. The maximum atomic E-state index is 12.2. The summed E-state index contributed by atoms with van der Waals surface area (Å²) in [6.07, 6.45) is 0.320. The maximum absolute atomic E-state index is 12.2. The molecule has 0 atom stereocenters. The fraction of sp³-hybridized carbons (Fsp3) is 0. The second-order valence-electron chi connectivity index (χ2n) is 3.48. The minimum absolute atomic E-state index is 0.343. The number of para-hydroxylation sites is 1. The van der Waals surface area contributed by atoms with Gasteiger partial charge in [-0.2, -0.15) is 4.99 Å². The van der Waals surface area contributed by atoms with Crippen LogP contribution in [0.25, 0.3) is 0 Å². The van der Waals surface area contributed by atoms with Crippen molar-refractivity contribution in [2.45, 2.75) is 0 Å². The number of aliphatic imine (C=N–C) groups is 1. The van der Waals surface area contributed by atoms with Crippen LogP contribution in [-0.4, -0.2) is 17.3 Å². The zero-order valence-electron chi connectivity index (χ0n) is 10.3. The molecule has 102 valence electrons. The number of carbonyl (C=O) groups is 1. The van der Waals surface area contributed by atoms with Crippen molar-refractivity contribution >= 4 is 23.5 Å². The standard InChI is InChI=1S/C7H4FNO.C7H7NO2/c8-6-1-3-7(4-2-6)9-5-10;9-7(10)8-6-4-2-1-3-5-6/h1-4H;1-5,8H,(H,9,10). The fourth-order valence-corrected chi connectivity index (χ4v) is 1.21. The number of carboxylic acid groups (broad SMARTS) is 1. The van der Waals surface area contributed by atoms with Gasteiger partial charge in [-0.1, -0.05) is 18.2 Å². The summed E-state index contributed by atoms with van der Waals surface area (Å²) in [5, 5.41) is 10.5. The summed E-state index contributed by atoms with van der Waals surface area (Å²) in [7, 11) is 0. The lowest BCUT2D eigenvalue weighted by atomic mass is 10.3. The zero-order chi connectivity index (χ0) is 14.8. The smallest absolute Gasteiger partial charge is 0.409 e. The van der Waals surface area contributed by atoms with E-state index in [9.17, 15) is 14.0 Å². The molecule has 2 aromatic rings. The second kappa shape index (κ2) is 8.18. The molecule has 0 radical (unpaired) electrons. The number of hydrogen-bond acceptors (Lipinski definition) is 3. The Morgan fingerprint density at radius 1 is 1.10 bits per heavy atom. The van der Waals surface area contributed by atoms with Gasteiger partial charge in [0.25, 0.3) is 0 Å².